The minimum absolute atomic E-state index is 0.0179. The molecule has 0 spiro atoms. The second-order valence-corrected chi connectivity index (χ2v) is 8.67. The Balaban J connectivity index is 1.78. The number of carbonyl (C=O) groups excluding carboxylic acids is 1. The number of hydrogen-bond acceptors (Lipinski definition) is 4. The molecule has 0 fully saturated rings. The topological polar surface area (TPSA) is 87.6 Å². The number of hydrogen-bond donors (Lipinski definition) is 2. The Kier molecular flexibility index (Phi) is 5.65. The van der Waals surface area contributed by atoms with E-state index in [0.29, 0.717) is 5.69 Å². The van der Waals surface area contributed by atoms with Gasteiger partial charge in [-0.15, -0.1) is 0 Å². The van der Waals surface area contributed by atoms with Gasteiger partial charge in [-0.25, -0.2) is 13.8 Å². The minimum atomic E-state index is -3.82. The lowest BCUT2D eigenvalue weighted by molar-refractivity contribution is 0.0954. The lowest BCUT2D eigenvalue weighted by Gasteiger charge is -2.12. The fourth-order valence-electron chi connectivity index (χ4n) is 2.97. The first-order valence-electron chi connectivity index (χ1n) is 8.99. The summed E-state index contributed by atoms with van der Waals surface area (Å²) in [4.78, 5) is 12.4. The lowest BCUT2D eigenvalue weighted by atomic mass is 10.1. The van der Waals surface area contributed by atoms with E-state index in [1.54, 1.807) is 12.1 Å². The van der Waals surface area contributed by atoms with Crippen molar-refractivity contribution in [2.45, 2.75) is 38.5 Å². The molecule has 0 radical (unpaired) electrons. The zero-order chi connectivity index (χ0) is 20.3. The number of sulfonamides is 1. The molecule has 0 saturated heterocycles. The first kappa shape index (κ1) is 19.8. The van der Waals surface area contributed by atoms with Crippen LogP contribution in [0, 0.1) is 13.8 Å². The highest BCUT2D eigenvalue weighted by molar-refractivity contribution is 7.92. The molecule has 0 atom stereocenters. The number of nitrogens with zero attached hydrogens (tertiary/aromatic N) is 1. The molecule has 1 aliphatic carbocycles. The van der Waals surface area contributed by atoms with Gasteiger partial charge in [0.25, 0.3) is 15.9 Å². The average Bonchev–Trinajstić information content (AvgIpc) is 3.07. The molecule has 0 unspecified atom stereocenters. The number of hydrazone groups is 1. The molecule has 7 heteroatoms. The number of aryl methyl sites for hydroxylation is 2. The molecule has 0 heterocycles. The minimum Gasteiger partial charge on any atom is -0.279 e. The van der Waals surface area contributed by atoms with Crippen LogP contribution in [-0.2, 0) is 10.0 Å². The third-order valence-corrected chi connectivity index (χ3v) is 5.89. The van der Waals surface area contributed by atoms with Gasteiger partial charge in [0.1, 0.15) is 0 Å². The van der Waals surface area contributed by atoms with Crippen LogP contribution in [0.1, 0.15) is 41.3 Å². The molecule has 1 amide bonds. The van der Waals surface area contributed by atoms with E-state index in [9.17, 15) is 13.2 Å². The Labute approximate surface area is 165 Å². The maximum Gasteiger partial charge on any atom is 0.271 e. The summed E-state index contributed by atoms with van der Waals surface area (Å²) in [5.41, 5.74) is 7.14. The van der Waals surface area contributed by atoms with E-state index < -0.39 is 15.9 Å². The van der Waals surface area contributed by atoms with Gasteiger partial charge < -0.3 is 0 Å². The molecule has 0 aliphatic heterocycles. The Morgan fingerprint density at radius 3 is 2.50 bits per heavy atom. The van der Waals surface area contributed by atoms with Crippen LogP contribution in [0.25, 0.3) is 0 Å². The molecule has 2 aromatic rings. The lowest BCUT2D eigenvalue weighted by Crippen LogP contribution is -2.20. The monoisotopic (exact) mass is 397 g/mol. The predicted octanol–water partition coefficient (Wildman–Crippen LogP) is 3.93. The molecule has 3 rings (SSSR count). The van der Waals surface area contributed by atoms with E-state index in [1.165, 1.54) is 23.8 Å². The van der Waals surface area contributed by atoms with Crippen LogP contribution in [0.2, 0.25) is 0 Å². The van der Waals surface area contributed by atoms with Gasteiger partial charge in [-0.3, -0.25) is 9.52 Å². The molecule has 2 N–H and O–H groups in total. The first-order valence-corrected chi connectivity index (χ1v) is 10.5. The fraction of sp³-hybridized carbons (Fsp3) is 0.238. The van der Waals surface area contributed by atoms with E-state index >= 15 is 0 Å². The van der Waals surface area contributed by atoms with Crippen molar-refractivity contribution >= 4 is 27.3 Å². The Hall–Kier alpha value is -2.93. The molecule has 6 nitrogen and oxygen atoms in total. The van der Waals surface area contributed by atoms with Crippen molar-refractivity contribution in [2.24, 2.45) is 5.10 Å². The van der Waals surface area contributed by atoms with Gasteiger partial charge in [0.05, 0.1) is 16.3 Å². The summed E-state index contributed by atoms with van der Waals surface area (Å²) in [6.45, 7) is 5.80. The van der Waals surface area contributed by atoms with Crippen LogP contribution in [0.15, 0.2) is 64.1 Å². The van der Waals surface area contributed by atoms with E-state index in [0.717, 1.165) is 29.7 Å². The third-order valence-electron chi connectivity index (χ3n) is 4.52. The van der Waals surface area contributed by atoms with Crippen LogP contribution in [-0.4, -0.2) is 20.0 Å². The van der Waals surface area contributed by atoms with Gasteiger partial charge >= 0.3 is 0 Å². The quantitative estimate of drug-likeness (QED) is 0.750. The van der Waals surface area contributed by atoms with Crippen LogP contribution in [0.5, 0.6) is 0 Å². The normalized spacial score (nSPS) is 15.4. The Morgan fingerprint density at radius 2 is 1.82 bits per heavy atom. The number of nitrogens with one attached hydrogen (secondary N) is 2. The molecular formula is C21H23N3O3S. The highest BCUT2D eigenvalue weighted by Gasteiger charge is 2.17. The van der Waals surface area contributed by atoms with Gasteiger partial charge in [-0.05, 0) is 69.5 Å². The molecule has 0 saturated carbocycles. The van der Waals surface area contributed by atoms with Crippen LogP contribution < -0.4 is 10.1 Å². The van der Waals surface area contributed by atoms with Crippen molar-refractivity contribution < 1.29 is 13.2 Å². The first-order chi connectivity index (χ1) is 13.2. The van der Waals surface area contributed by atoms with Crippen molar-refractivity contribution in [1.82, 2.24) is 5.43 Å². The number of benzene rings is 2. The Bertz CT molecular complexity index is 1090. The zero-order valence-corrected chi connectivity index (χ0v) is 16.9. The summed E-state index contributed by atoms with van der Waals surface area (Å²) in [6.07, 6.45) is 3.67. The summed E-state index contributed by atoms with van der Waals surface area (Å²) < 4.78 is 28.1. The summed E-state index contributed by atoms with van der Waals surface area (Å²) in [5, 5.41) is 4.10. The van der Waals surface area contributed by atoms with Gasteiger partial charge in [0.15, 0.2) is 0 Å². The second-order valence-electron chi connectivity index (χ2n) is 6.99. The van der Waals surface area contributed by atoms with E-state index in [4.69, 9.17) is 0 Å². The second kappa shape index (κ2) is 7.98. The van der Waals surface area contributed by atoms with Gasteiger partial charge in [-0.1, -0.05) is 29.3 Å². The molecule has 2 aromatic carbocycles. The fourth-order valence-corrected chi connectivity index (χ4v) is 4.14. The summed E-state index contributed by atoms with van der Waals surface area (Å²) >= 11 is 0. The molecular weight excluding hydrogens is 374 g/mol. The van der Waals surface area contributed by atoms with Crippen molar-refractivity contribution in [1.29, 1.82) is 0 Å². The maximum atomic E-state index is 12.7. The van der Waals surface area contributed by atoms with E-state index in [-0.39, 0.29) is 10.5 Å². The summed E-state index contributed by atoms with van der Waals surface area (Å²) in [7, 11) is -3.82. The predicted molar refractivity (Wildman–Crippen MR) is 111 cm³/mol. The van der Waals surface area contributed by atoms with Crippen LogP contribution in [0.4, 0.5) is 5.69 Å². The molecule has 0 aromatic heterocycles. The number of rotatable bonds is 5. The maximum absolute atomic E-state index is 12.7. The smallest absolute Gasteiger partial charge is 0.271 e. The largest absolute Gasteiger partial charge is 0.279 e. The number of allylic oxidation sites excluding steroid dienone is 2. The van der Waals surface area contributed by atoms with E-state index in [2.05, 4.69) is 15.2 Å². The standard InChI is InChI=1S/C21H23N3O3S/c1-14-8-10-20(16(3)11-14)24-28(26,27)19-6-4-5-17(13-19)21(25)23-22-18-9-7-15(2)12-18/h4-6,8,10-13,24H,7,9H2,1-3H3,(H,23,25). The summed E-state index contributed by atoms with van der Waals surface area (Å²) in [6, 6.07) is 11.4. The molecule has 1 aliphatic rings. The highest BCUT2D eigenvalue weighted by atomic mass is 32.2. The highest BCUT2D eigenvalue weighted by Crippen LogP contribution is 2.21. The van der Waals surface area contributed by atoms with Crippen LogP contribution in [0.3, 0.4) is 0 Å². The van der Waals surface area contributed by atoms with Crippen molar-refractivity contribution in [3.63, 3.8) is 0 Å². The van der Waals surface area contributed by atoms with Gasteiger partial charge in [0, 0.05) is 5.56 Å². The number of anilines is 1. The Morgan fingerprint density at radius 1 is 1.04 bits per heavy atom. The zero-order valence-electron chi connectivity index (χ0n) is 16.1. The third kappa shape index (κ3) is 4.67. The van der Waals surface area contributed by atoms with E-state index in [1.807, 2.05) is 39.0 Å². The van der Waals surface area contributed by atoms with Crippen molar-refractivity contribution in [3.8, 4) is 0 Å². The number of amides is 1. The molecule has 28 heavy (non-hydrogen) atoms. The van der Waals surface area contributed by atoms with Crippen molar-refractivity contribution in [3.05, 3.63) is 70.8 Å². The van der Waals surface area contributed by atoms with Crippen molar-refractivity contribution in [2.75, 3.05) is 4.72 Å². The number of carbonyl (C=O) groups is 1. The summed E-state index contributed by atoms with van der Waals surface area (Å²) in [5.74, 6) is -0.450. The van der Waals surface area contributed by atoms with Gasteiger partial charge in [0.2, 0.25) is 0 Å². The molecule has 146 valence electrons. The average molecular weight is 398 g/mol. The van der Waals surface area contributed by atoms with Gasteiger partial charge in [-0.2, -0.15) is 5.10 Å². The van der Waals surface area contributed by atoms with Crippen LogP contribution >= 0.6 is 0 Å². The SMILES string of the molecule is CC1=CC(=NNC(=O)c2cccc(S(=O)(=O)Nc3ccc(C)cc3C)c2)CC1. The molecule has 0 bridgehead atoms.